The number of carbonyl (C=O) groups is 3. The molecule has 1 aliphatic rings. The molecular weight excluding hydrogens is 481 g/mol. The highest BCUT2D eigenvalue weighted by atomic mass is 19.4. The molecule has 1 heterocycles. The van der Waals surface area contributed by atoms with Gasteiger partial charge in [0, 0.05) is 25.2 Å². The number of nitrogens with zero attached hydrogens (tertiary/aromatic N) is 2. The summed E-state index contributed by atoms with van der Waals surface area (Å²) in [6.45, 7) is 8.39. The Hall–Kier alpha value is -3.49. The molecule has 1 aliphatic heterocycles. The third kappa shape index (κ3) is 8.62. The first-order valence-corrected chi connectivity index (χ1v) is 11.4. The second-order valence-corrected chi connectivity index (χ2v) is 10.0. The smallest absolute Gasteiger partial charge is 0.444 e. The minimum absolute atomic E-state index is 0.0200. The van der Waals surface area contributed by atoms with Crippen LogP contribution in [-0.2, 0) is 20.9 Å². The normalized spacial score (nSPS) is 16.5. The van der Waals surface area contributed by atoms with Gasteiger partial charge >= 0.3 is 12.5 Å². The lowest BCUT2D eigenvalue weighted by Crippen LogP contribution is -2.59. The number of benzene rings is 1. The Morgan fingerprint density at radius 1 is 1.17 bits per heavy atom. The Labute approximate surface area is 207 Å². The molecule has 0 unspecified atom stereocenters. The largest absolute Gasteiger partial charge is 0.573 e. The van der Waals surface area contributed by atoms with E-state index in [1.807, 2.05) is 0 Å². The Morgan fingerprint density at radius 2 is 1.83 bits per heavy atom. The van der Waals surface area contributed by atoms with E-state index in [1.54, 1.807) is 26.8 Å². The summed E-state index contributed by atoms with van der Waals surface area (Å²) in [5.74, 6) is -1.99. The molecule has 9 nitrogen and oxygen atoms in total. The maximum absolute atomic E-state index is 13.1. The van der Waals surface area contributed by atoms with Crippen LogP contribution in [0.4, 0.5) is 18.0 Å². The minimum atomic E-state index is -4.96. The molecule has 12 heteroatoms. The number of carbonyl (C=O) groups excluding carboxylic acids is 3. The summed E-state index contributed by atoms with van der Waals surface area (Å²) in [4.78, 5) is 39.5. The van der Waals surface area contributed by atoms with Gasteiger partial charge in [-0.2, -0.15) is 5.26 Å². The zero-order valence-corrected chi connectivity index (χ0v) is 20.9. The second-order valence-electron chi connectivity index (χ2n) is 10.0. The molecule has 1 atom stereocenters. The number of piperidine rings is 1. The quantitative estimate of drug-likeness (QED) is 0.601. The van der Waals surface area contributed by atoms with Crippen molar-refractivity contribution in [3.63, 3.8) is 0 Å². The Kier molecular flexibility index (Phi) is 8.83. The number of hydrogen-bond acceptors (Lipinski definition) is 6. The summed E-state index contributed by atoms with van der Waals surface area (Å²) in [5.41, 5.74) is -2.00. The molecule has 0 bridgehead atoms. The van der Waals surface area contributed by atoms with Gasteiger partial charge in [0.15, 0.2) is 0 Å². The van der Waals surface area contributed by atoms with Crippen molar-refractivity contribution >= 4 is 17.9 Å². The number of alkyl carbamates (subject to hydrolysis) is 1. The van der Waals surface area contributed by atoms with Crippen LogP contribution >= 0.6 is 0 Å². The fourth-order valence-electron chi connectivity index (χ4n) is 3.70. The van der Waals surface area contributed by atoms with Crippen molar-refractivity contribution < 1.29 is 37.0 Å². The van der Waals surface area contributed by atoms with Crippen molar-refractivity contribution in [2.24, 2.45) is 5.92 Å². The molecule has 1 fully saturated rings. The predicted octanol–water partition coefficient (Wildman–Crippen LogP) is 3.61. The first-order valence-electron chi connectivity index (χ1n) is 11.4. The lowest BCUT2D eigenvalue weighted by atomic mass is 9.94. The van der Waals surface area contributed by atoms with Gasteiger partial charge in [0.05, 0.1) is 17.6 Å². The van der Waals surface area contributed by atoms with Crippen LogP contribution < -0.4 is 15.4 Å². The lowest BCUT2D eigenvalue weighted by molar-refractivity contribution is -0.274. The van der Waals surface area contributed by atoms with Gasteiger partial charge in [0.25, 0.3) is 0 Å². The van der Waals surface area contributed by atoms with Crippen molar-refractivity contribution in [2.75, 3.05) is 13.1 Å². The number of ether oxygens (including phenoxy) is 2. The summed E-state index contributed by atoms with van der Waals surface area (Å²) in [7, 11) is 0. The molecule has 0 saturated carbocycles. The highest BCUT2D eigenvalue weighted by Gasteiger charge is 2.38. The van der Waals surface area contributed by atoms with Crippen molar-refractivity contribution in [1.29, 1.82) is 5.26 Å². The summed E-state index contributed by atoms with van der Waals surface area (Å²) in [5, 5.41) is 14.1. The third-order valence-electron chi connectivity index (χ3n) is 5.30. The maximum atomic E-state index is 13.1. The number of amides is 3. The van der Waals surface area contributed by atoms with Gasteiger partial charge in [-0.25, -0.2) is 4.79 Å². The van der Waals surface area contributed by atoms with Gasteiger partial charge in [0.1, 0.15) is 16.9 Å². The number of halogens is 3. The fraction of sp³-hybridized carbons (Fsp3) is 0.583. The Bertz CT molecular complexity index is 1030. The number of alkyl halides is 3. The molecule has 1 saturated heterocycles. The highest BCUT2D eigenvalue weighted by molar-refractivity contribution is 5.90. The molecule has 3 amide bonds. The van der Waals surface area contributed by atoms with Gasteiger partial charge < -0.3 is 25.0 Å². The number of hydrogen-bond donors (Lipinski definition) is 2. The number of likely N-dealkylation sites (tertiary alicyclic amines) is 1. The summed E-state index contributed by atoms with van der Waals surface area (Å²) >= 11 is 0. The maximum Gasteiger partial charge on any atom is 0.573 e. The van der Waals surface area contributed by atoms with Crippen molar-refractivity contribution in [2.45, 2.75) is 71.5 Å². The van der Waals surface area contributed by atoms with Gasteiger partial charge in [-0.05, 0) is 59.6 Å². The molecule has 2 rings (SSSR count). The fourth-order valence-corrected chi connectivity index (χ4v) is 3.70. The molecule has 2 N–H and O–H groups in total. The number of rotatable bonds is 6. The van der Waals surface area contributed by atoms with E-state index in [4.69, 9.17) is 10.00 Å². The van der Waals surface area contributed by atoms with Gasteiger partial charge in [-0.1, -0.05) is 6.07 Å². The van der Waals surface area contributed by atoms with E-state index >= 15 is 0 Å². The standard InChI is InChI=1S/C24H31F3N4O5/c1-22(2,3)36-21(34)30-23(4,5)20(33)31-10-6-7-17(14-31)19(32)29-13-16-9-8-15(12-28)11-18(16)35-24(25,26)27/h8-9,11,17H,6-7,10,13-14H2,1-5H3,(H,29,32)(H,30,34)/t17-/m1/s1. The average Bonchev–Trinajstić information content (AvgIpc) is 2.74. The van der Waals surface area contributed by atoms with Crippen molar-refractivity contribution in [1.82, 2.24) is 15.5 Å². The number of nitrogens with one attached hydrogen (secondary N) is 2. The zero-order chi connectivity index (χ0) is 27.3. The number of nitriles is 1. The van der Waals surface area contributed by atoms with E-state index in [1.165, 1.54) is 30.9 Å². The molecule has 198 valence electrons. The van der Waals surface area contributed by atoms with E-state index in [9.17, 15) is 27.6 Å². The first-order chi connectivity index (χ1) is 16.5. The van der Waals surface area contributed by atoms with Crippen LogP contribution in [0.2, 0.25) is 0 Å². The molecule has 0 aliphatic carbocycles. The molecule has 36 heavy (non-hydrogen) atoms. The Balaban J connectivity index is 2.03. The van der Waals surface area contributed by atoms with E-state index in [0.29, 0.717) is 19.4 Å². The second kappa shape index (κ2) is 11.1. The average molecular weight is 513 g/mol. The predicted molar refractivity (Wildman–Crippen MR) is 122 cm³/mol. The third-order valence-corrected chi connectivity index (χ3v) is 5.30. The van der Waals surface area contributed by atoms with Crippen LogP contribution in [0.3, 0.4) is 0 Å². The van der Waals surface area contributed by atoms with Crippen LogP contribution in [0.15, 0.2) is 18.2 Å². The van der Waals surface area contributed by atoms with Crippen molar-refractivity contribution in [3.8, 4) is 11.8 Å². The van der Waals surface area contributed by atoms with E-state index in [-0.39, 0.29) is 30.1 Å². The summed E-state index contributed by atoms with van der Waals surface area (Å²) in [6, 6.07) is 5.30. The molecule has 0 aromatic heterocycles. The minimum Gasteiger partial charge on any atom is -0.444 e. The Morgan fingerprint density at radius 3 is 2.42 bits per heavy atom. The molecule has 0 spiro atoms. The van der Waals surface area contributed by atoms with E-state index in [0.717, 1.165) is 6.07 Å². The molecule has 1 aromatic carbocycles. The van der Waals surface area contributed by atoms with Crippen LogP contribution in [0.5, 0.6) is 5.75 Å². The van der Waals surface area contributed by atoms with Crippen LogP contribution in [0.25, 0.3) is 0 Å². The lowest BCUT2D eigenvalue weighted by Gasteiger charge is -2.37. The SMILES string of the molecule is CC(C)(C)OC(=O)NC(C)(C)C(=O)N1CCC[C@@H](C(=O)NCc2ccc(C#N)cc2OC(F)(F)F)C1. The molecular formula is C24H31F3N4O5. The first kappa shape index (κ1) is 28.7. The van der Waals surface area contributed by atoms with Crippen LogP contribution in [0.1, 0.15) is 58.6 Å². The topological polar surface area (TPSA) is 121 Å². The van der Waals surface area contributed by atoms with Gasteiger partial charge in [-0.15, -0.1) is 13.2 Å². The zero-order valence-electron chi connectivity index (χ0n) is 20.9. The van der Waals surface area contributed by atoms with Crippen molar-refractivity contribution in [3.05, 3.63) is 29.3 Å². The summed E-state index contributed by atoms with van der Waals surface area (Å²) in [6.07, 6.45) is -4.69. The molecule has 0 radical (unpaired) electrons. The highest BCUT2D eigenvalue weighted by Crippen LogP contribution is 2.28. The monoisotopic (exact) mass is 512 g/mol. The summed E-state index contributed by atoms with van der Waals surface area (Å²) < 4.78 is 47.5. The van der Waals surface area contributed by atoms with E-state index in [2.05, 4.69) is 15.4 Å². The molecule has 1 aromatic rings. The van der Waals surface area contributed by atoms with Gasteiger partial charge in [-0.3, -0.25) is 9.59 Å². The van der Waals surface area contributed by atoms with E-state index < -0.39 is 41.2 Å². The van der Waals surface area contributed by atoms with Crippen LogP contribution in [0, 0.1) is 17.2 Å². The van der Waals surface area contributed by atoms with Crippen LogP contribution in [-0.4, -0.2) is 53.4 Å². The van der Waals surface area contributed by atoms with Gasteiger partial charge in [0.2, 0.25) is 11.8 Å².